The zero-order chi connectivity index (χ0) is 17.9. The van der Waals surface area contributed by atoms with Crippen molar-refractivity contribution < 1.29 is 22.7 Å². The molecule has 0 bridgehead atoms. The normalized spacial score (nSPS) is 17.8. The van der Waals surface area contributed by atoms with Crippen molar-refractivity contribution in [2.75, 3.05) is 39.4 Å². The second-order valence-corrected chi connectivity index (χ2v) is 6.40. The van der Waals surface area contributed by atoms with E-state index in [1.54, 1.807) is 0 Å². The number of amides is 1. The summed E-state index contributed by atoms with van der Waals surface area (Å²) in [6, 6.07) is -0.831. The Balaban J connectivity index is 1.95. The van der Waals surface area contributed by atoms with Gasteiger partial charge in [-0.25, -0.2) is 0 Å². The van der Waals surface area contributed by atoms with Crippen LogP contribution in [0.1, 0.15) is 24.4 Å². The highest BCUT2D eigenvalue weighted by atomic mass is 79.9. The van der Waals surface area contributed by atoms with Gasteiger partial charge in [-0.1, -0.05) is 0 Å². The minimum absolute atomic E-state index is 0.136. The Morgan fingerprint density at radius 2 is 2.04 bits per heavy atom. The molecule has 2 heterocycles. The van der Waals surface area contributed by atoms with E-state index in [1.165, 1.54) is 13.8 Å². The van der Waals surface area contributed by atoms with Crippen molar-refractivity contribution in [2.24, 2.45) is 0 Å². The van der Waals surface area contributed by atoms with Gasteiger partial charge in [-0.3, -0.25) is 14.4 Å². The monoisotopic (exact) mass is 412 g/mol. The molecule has 1 atom stereocenters. The molecule has 0 saturated carbocycles. The number of ether oxygens (including phenoxy) is 1. The van der Waals surface area contributed by atoms with Gasteiger partial charge in [0.2, 0.25) is 5.91 Å². The maximum atomic E-state index is 12.9. The van der Waals surface area contributed by atoms with Crippen molar-refractivity contribution in [1.29, 1.82) is 0 Å². The highest BCUT2D eigenvalue weighted by Crippen LogP contribution is 2.36. The molecule has 1 fully saturated rings. The number of alkyl halides is 3. The lowest BCUT2D eigenvalue weighted by atomic mass is 10.3. The van der Waals surface area contributed by atoms with E-state index >= 15 is 0 Å². The number of halogens is 4. The van der Waals surface area contributed by atoms with Crippen LogP contribution in [0, 0.1) is 6.92 Å². The van der Waals surface area contributed by atoms with Crippen molar-refractivity contribution in [2.45, 2.75) is 26.1 Å². The Morgan fingerprint density at radius 1 is 1.42 bits per heavy atom. The summed E-state index contributed by atoms with van der Waals surface area (Å²) < 4.78 is 44.9. The molecule has 1 aliphatic heterocycles. The number of aromatic nitrogens is 2. The number of hydrogen-bond acceptors (Lipinski definition) is 4. The molecule has 1 N–H and O–H groups in total. The van der Waals surface area contributed by atoms with Gasteiger partial charge in [-0.2, -0.15) is 18.3 Å². The predicted molar refractivity (Wildman–Crippen MR) is 84.6 cm³/mol. The fraction of sp³-hybridized carbons (Fsp3) is 0.714. The SMILES string of the molecule is Cc1c(Br)c(C(F)(F)F)nn1[C@H](C)C(=O)NCCN1CCOCC1. The smallest absolute Gasteiger partial charge is 0.379 e. The van der Waals surface area contributed by atoms with Crippen LogP contribution in [0.25, 0.3) is 0 Å². The molecule has 136 valence electrons. The minimum atomic E-state index is -4.57. The summed E-state index contributed by atoms with van der Waals surface area (Å²) in [4.78, 5) is 14.4. The molecule has 1 aliphatic rings. The Hall–Kier alpha value is -1.13. The van der Waals surface area contributed by atoms with Gasteiger partial charge in [0.15, 0.2) is 5.69 Å². The quantitative estimate of drug-likeness (QED) is 0.803. The molecule has 0 spiro atoms. The molecule has 6 nitrogen and oxygen atoms in total. The fourth-order valence-corrected chi connectivity index (χ4v) is 2.96. The number of nitrogens with one attached hydrogen (secondary N) is 1. The molecule has 1 aromatic rings. The standard InChI is InChI=1S/C14H20BrF3N4O2/c1-9-11(15)12(14(16,17)18)20-22(9)10(2)13(23)19-3-4-21-5-7-24-8-6-21/h10H,3-8H2,1-2H3,(H,19,23)/t10-/m1/s1. The zero-order valence-electron chi connectivity index (χ0n) is 13.5. The van der Waals surface area contributed by atoms with Crippen LogP contribution in [-0.4, -0.2) is 60.0 Å². The van der Waals surface area contributed by atoms with Crippen LogP contribution in [0.4, 0.5) is 13.2 Å². The summed E-state index contributed by atoms with van der Waals surface area (Å²) in [5, 5.41) is 6.30. The van der Waals surface area contributed by atoms with E-state index in [0.717, 1.165) is 17.8 Å². The molecular formula is C14H20BrF3N4O2. The van der Waals surface area contributed by atoms with Gasteiger partial charge in [0.1, 0.15) is 6.04 Å². The third kappa shape index (κ3) is 4.48. The Morgan fingerprint density at radius 3 is 2.58 bits per heavy atom. The van der Waals surface area contributed by atoms with Crippen LogP contribution in [0.5, 0.6) is 0 Å². The van der Waals surface area contributed by atoms with Crippen molar-refractivity contribution in [3.63, 3.8) is 0 Å². The second-order valence-electron chi connectivity index (χ2n) is 5.61. The number of rotatable bonds is 5. The average molecular weight is 413 g/mol. The van der Waals surface area contributed by atoms with Crippen molar-refractivity contribution >= 4 is 21.8 Å². The molecule has 24 heavy (non-hydrogen) atoms. The Bertz CT molecular complexity index is 585. The first-order chi connectivity index (χ1) is 11.2. The zero-order valence-corrected chi connectivity index (χ0v) is 15.1. The molecule has 0 radical (unpaired) electrons. The first-order valence-corrected chi connectivity index (χ1v) is 8.40. The largest absolute Gasteiger partial charge is 0.436 e. The van der Waals surface area contributed by atoms with Crippen molar-refractivity contribution in [1.82, 2.24) is 20.0 Å². The van der Waals surface area contributed by atoms with E-state index in [9.17, 15) is 18.0 Å². The maximum absolute atomic E-state index is 12.9. The number of nitrogens with zero attached hydrogens (tertiary/aromatic N) is 3. The molecule has 1 aromatic heterocycles. The first-order valence-electron chi connectivity index (χ1n) is 7.61. The highest BCUT2D eigenvalue weighted by molar-refractivity contribution is 9.10. The Kier molecular flexibility index (Phi) is 6.27. The van der Waals surface area contributed by atoms with Crippen LogP contribution < -0.4 is 5.32 Å². The summed E-state index contributed by atoms with van der Waals surface area (Å²) in [6.07, 6.45) is -4.57. The summed E-state index contributed by atoms with van der Waals surface area (Å²) in [5.74, 6) is -0.366. The number of hydrogen-bond donors (Lipinski definition) is 1. The molecule has 0 unspecified atom stereocenters. The summed E-state index contributed by atoms with van der Waals surface area (Å²) in [6.45, 7) is 7.09. The molecule has 0 aromatic carbocycles. The second kappa shape index (κ2) is 7.83. The number of carbonyl (C=O) groups is 1. The van der Waals surface area contributed by atoms with E-state index in [4.69, 9.17) is 4.74 Å². The van der Waals surface area contributed by atoms with Gasteiger partial charge in [0.05, 0.1) is 23.4 Å². The summed E-state index contributed by atoms with van der Waals surface area (Å²) in [7, 11) is 0. The average Bonchev–Trinajstić information content (AvgIpc) is 2.83. The van der Waals surface area contributed by atoms with Gasteiger partial charge < -0.3 is 10.1 Å². The van der Waals surface area contributed by atoms with E-state index in [1.807, 2.05) is 0 Å². The fourth-order valence-electron chi connectivity index (χ4n) is 2.48. The highest BCUT2D eigenvalue weighted by Gasteiger charge is 2.38. The molecule has 10 heteroatoms. The van der Waals surface area contributed by atoms with Gasteiger partial charge >= 0.3 is 6.18 Å². The van der Waals surface area contributed by atoms with E-state index < -0.39 is 17.9 Å². The molecular weight excluding hydrogens is 393 g/mol. The molecule has 0 aliphatic carbocycles. The van der Waals surface area contributed by atoms with Crippen molar-refractivity contribution in [3.05, 3.63) is 15.9 Å². The maximum Gasteiger partial charge on any atom is 0.436 e. The van der Waals surface area contributed by atoms with Crippen LogP contribution in [0.2, 0.25) is 0 Å². The van der Waals surface area contributed by atoms with Gasteiger partial charge in [-0.05, 0) is 29.8 Å². The van der Waals surface area contributed by atoms with E-state index in [0.29, 0.717) is 26.3 Å². The summed E-state index contributed by atoms with van der Waals surface area (Å²) in [5.41, 5.74) is -0.758. The van der Waals surface area contributed by atoms with Crippen LogP contribution in [0.3, 0.4) is 0 Å². The topological polar surface area (TPSA) is 59.4 Å². The van der Waals surface area contributed by atoms with E-state index in [-0.39, 0.29) is 16.1 Å². The third-order valence-electron chi connectivity index (χ3n) is 3.92. The predicted octanol–water partition coefficient (Wildman–Crippen LogP) is 1.98. The summed E-state index contributed by atoms with van der Waals surface area (Å²) >= 11 is 2.91. The number of carbonyl (C=O) groups excluding carboxylic acids is 1. The van der Waals surface area contributed by atoms with Gasteiger partial charge in [0.25, 0.3) is 0 Å². The number of morpholine rings is 1. The van der Waals surface area contributed by atoms with E-state index in [2.05, 4.69) is 31.2 Å². The van der Waals surface area contributed by atoms with Crippen LogP contribution >= 0.6 is 15.9 Å². The third-order valence-corrected chi connectivity index (χ3v) is 4.87. The minimum Gasteiger partial charge on any atom is -0.379 e. The Labute approximate surface area is 146 Å². The lowest BCUT2D eigenvalue weighted by Gasteiger charge is -2.26. The van der Waals surface area contributed by atoms with Crippen LogP contribution in [0.15, 0.2) is 4.47 Å². The molecule has 1 saturated heterocycles. The van der Waals surface area contributed by atoms with Gasteiger partial charge in [0, 0.05) is 26.2 Å². The van der Waals surface area contributed by atoms with Crippen molar-refractivity contribution in [3.8, 4) is 0 Å². The van der Waals surface area contributed by atoms with Crippen LogP contribution in [-0.2, 0) is 15.7 Å². The van der Waals surface area contributed by atoms with Gasteiger partial charge in [-0.15, -0.1) is 0 Å². The molecule has 1 amide bonds. The first kappa shape index (κ1) is 19.2. The molecule has 2 rings (SSSR count). The lowest BCUT2D eigenvalue weighted by Crippen LogP contribution is -2.42. The lowest BCUT2D eigenvalue weighted by molar-refractivity contribution is -0.142.